The van der Waals surface area contributed by atoms with Crippen LogP contribution in [0.2, 0.25) is 5.02 Å². The van der Waals surface area contributed by atoms with E-state index < -0.39 is 5.82 Å². The Morgan fingerprint density at radius 2 is 1.57 bits per heavy atom. The number of rotatable bonds is 7. The molecule has 3 rings (SSSR count). The van der Waals surface area contributed by atoms with Gasteiger partial charge in [0.25, 0.3) is 5.91 Å². The van der Waals surface area contributed by atoms with E-state index in [1.165, 1.54) is 24.3 Å². The molecule has 0 aromatic heterocycles. The van der Waals surface area contributed by atoms with E-state index in [2.05, 4.69) is 16.0 Å². The molecule has 0 bridgehead atoms. The minimum Gasteiger partial charge on any atom is -0.376 e. The molecule has 3 N–H and O–H groups in total. The molecule has 0 aliphatic heterocycles. The van der Waals surface area contributed by atoms with Crippen molar-refractivity contribution in [1.82, 2.24) is 5.32 Å². The molecule has 0 atom stereocenters. The van der Waals surface area contributed by atoms with Crippen LogP contribution in [0.3, 0.4) is 0 Å². The molecule has 0 saturated heterocycles. The summed E-state index contributed by atoms with van der Waals surface area (Å²) in [5, 5.41) is 8.10. The summed E-state index contributed by atoms with van der Waals surface area (Å²) in [5.74, 6) is -1.62. The molecule has 0 unspecified atom stereocenters. The third-order valence-electron chi connectivity index (χ3n) is 4.20. The number of amides is 2. The van der Waals surface area contributed by atoms with Gasteiger partial charge in [0.1, 0.15) is 11.6 Å². The Morgan fingerprint density at radius 3 is 2.27 bits per heavy atom. The molecule has 154 valence electrons. The van der Waals surface area contributed by atoms with Gasteiger partial charge in [0, 0.05) is 29.0 Å². The van der Waals surface area contributed by atoms with Crippen molar-refractivity contribution in [2.75, 3.05) is 17.2 Å². The van der Waals surface area contributed by atoms with Crippen LogP contribution >= 0.6 is 11.6 Å². The first kappa shape index (κ1) is 21.3. The van der Waals surface area contributed by atoms with Crippen molar-refractivity contribution in [3.63, 3.8) is 0 Å². The zero-order chi connectivity index (χ0) is 21.5. The van der Waals surface area contributed by atoms with Gasteiger partial charge in [-0.25, -0.2) is 8.78 Å². The Labute approximate surface area is 177 Å². The topological polar surface area (TPSA) is 70.2 Å². The highest BCUT2D eigenvalue weighted by Crippen LogP contribution is 2.19. The van der Waals surface area contributed by atoms with E-state index in [-0.39, 0.29) is 35.7 Å². The van der Waals surface area contributed by atoms with Gasteiger partial charge in [0.05, 0.1) is 11.6 Å². The van der Waals surface area contributed by atoms with Crippen molar-refractivity contribution in [1.29, 1.82) is 0 Å². The van der Waals surface area contributed by atoms with Crippen molar-refractivity contribution >= 4 is 34.8 Å². The molecular formula is C22H18ClF2N3O2. The molecule has 5 nitrogen and oxygen atoms in total. The van der Waals surface area contributed by atoms with Gasteiger partial charge in [-0.3, -0.25) is 9.59 Å². The third-order valence-corrected chi connectivity index (χ3v) is 4.49. The molecule has 0 aliphatic carbocycles. The van der Waals surface area contributed by atoms with Crippen LogP contribution in [-0.2, 0) is 11.3 Å². The van der Waals surface area contributed by atoms with E-state index in [9.17, 15) is 18.4 Å². The Kier molecular flexibility index (Phi) is 6.98. The number of nitrogens with one attached hydrogen (secondary N) is 3. The van der Waals surface area contributed by atoms with E-state index in [1.54, 1.807) is 42.5 Å². The summed E-state index contributed by atoms with van der Waals surface area (Å²) in [5.41, 5.74) is 1.82. The highest BCUT2D eigenvalue weighted by molar-refractivity contribution is 6.31. The van der Waals surface area contributed by atoms with Gasteiger partial charge >= 0.3 is 0 Å². The van der Waals surface area contributed by atoms with Gasteiger partial charge < -0.3 is 16.0 Å². The summed E-state index contributed by atoms with van der Waals surface area (Å²) >= 11 is 5.68. The highest BCUT2D eigenvalue weighted by Gasteiger charge is 2.08. The molecule has 0 saturated carbocycles. The van der Waals surface area contributed by atoms with Crippen LogP contribution in [-0.4, -0.2) is 18.4 Å². The number of hydrogen-bond acceptors (Lipinski definition) is 3. The minimum absolute atomic E-state index is 0.0339. The predicted molar refractivity (Wildman–Crippen MR) is 113 cm³/mol. The second-order valence-corrected chi connectivity index (χ2v) is 6.79. The fourth-order valence-electron chi connectivity index (χ4n) is 2.62. The van der Waals surface area contributed by atoms with E-state index >= 15 is 0 Å². The van der Waals surface area contributed by atoms with Crippen LogP contribution in [0.25, 0.3) is 0 Å². The number of anilines is 2. The molecule has 2 amide bonds. The van der Waals surface area contributed by atoms with Gasteiger partial charge in [-0.1, -0.05) is 29.8 Å². The summed E-state index contributed by atoms with van der Waals surface area (Å²) in [6.45, 7) is 0.0485. The van der Waals surface area contributed by atoms with E-state index in [4.69, 9.17) is 11.6 Å². The van der Waals surface area contributed by atoms with Gasteiger partial charge in [-0.05, 0) is 48.5 Å². The van der Waals surface area contributed by atoms with Crippen molar-refractivity contribution < 1.29 is 18.4 Å². The fraction of sp³-hybridized carbons (Fsp3) is 0.0909. The number of carbonyl (C=O) groups excluding carboxylic acids is 2. The molecule has 3 aromatic carbocycles. The van der Waals surface area contributed by atoms with E-state index in [0.29, 0.717) is 22.5 Å². The Morgan fingerprint density at radius 1 is 0.867 bits per heavy atom. The lowest BCUT2D eigenvalue weighted by molar-refractivity contribution is -0.114. The van der Waals surface area contributed by atoms with Gasteiger partial charge in [-0.15, -0.1) is 0 Å². The molecular weight excluding hydrogens is 412 g/mol. The van der Waals surface area contributed by atoms with Crippen LogP contribution < -0.4 is 16.0 Å². The standard InChI is InChI=1S/C22H18ClF2N3O2/c23-18-11-17(9-10-20(18)25)28-21(29)13-26-16-7-5-14(6-8-16)22(30)27-12-15-3-1-2-4-19(15)24/h1-11,26H,12-13H2,(H,27,30)(H,28,29). The number of halogens is 3. The second-order valence-electron chi connectivity index (χ2n) is 6.38. The monoisotopic (exact) mass is 429 g/mol. The summed E-state index contributed by atoms with van der Waals surface area (Å²) in [6.07, 6.45) is 0. The first-order chi connectivity index (χ1) is 14.4. The van der Waals surface area contributed by atoms with Crippen LogP contribution in [0.4, 0.5) is 20.2 Å². The van der Waals surface area contributed by atoms with Crippen LogP contribution in [0.5, 0.6) is 0 Å². The number of benzene rings is 3. The maximum Gasteiger partial charge on any atom is 0.251 e. The lowest BCUT2D eigenvalue weighted by Gasteiger charge is -2.10. The van der Waals surface area contributed by atoms with Crippen LogP contribution in [0, 0.1) is 11.6 Å². The maximum absolute atomic E-state index is 13.6. The van der Waals surface area contributed by atoms with Crippen LogP contribution in [0.15, 0.2) is 66.7 Å². The Bertz CT molecular complexity index is 1060. The first-order valence-corrected chi connectivity index (χ1v) is 9.40. The Hall–Kier alpha value is -3.45. The van der Waals surface area contributed by atoms with Crippen molar-refractivity contribution in [3.05, 3.63) is 94.5 Å². The molecule has 0 aliphatic rings. The molecule has 8 heteroatoms. The maximum atomic E-state index is 13.6. The van der Waals surface area contributed by atoms with Gasteiger partial charge in [0.15, 0.2) is 0 Å². The number of hydrogen-bond donors (Lipinski definition) is 3. The lowest BCUT2D eigenvalue weighted by Crippen LogP contribution is -2.23. The molecule has 0 radical (unpaired) electrons. The van der Waals surface area contributed by atoms with E-state index in [0.717, 1.165) is 0 Å². The lowest BCUT2D eigenvalue weighted by atomic mass is 10.1. The average Bonchev–Trinajstić information content (AvgIpc) is 2.74. The zero-order valence-corrected chi connectivity index (χ0v) is 16.5. The first-order valence-electron chi connectivity index (χ1n) is 9.03. The van der Waals surface area contributed by atoms with Crippen molar-refractivity contribution in [3.8, 4) is 0 Å². The summed E-state index contributed by atoms with van der Waals surface area (Å²) < 4.78 is 26.8. The fourth-order valence-corrected chi connectivity index (χ4v) is 2.80. The summed E-state index contributed by atoms with van der Waals surface area (Å²) in [7, 11) is 0. The average molecular weight is 430 g/mol. The summed E-state index contributed by atoms with van der Waals surface area (Å²) in [4.78, 5) is 24.2. The molecule has 0 fully saturated rings. The zero-order valence-electron chi connectivity index (χ0n) is 15.7. The quantitative estimate of drug-likeness (QED) is 0.514. The highest BCUT2D eigenvalue weighted by atomic mass is 35.5. The summed E-state index contributed by atoms with van der Waals surface area (Å²) in [6, 6.07) is 16.6. The minimum atomic E-state index is -0.564. The van der Waals surface area contributed by atoms with Gasteiger partial charge in [0.2, 0.25) is 5.91 Å². The van der Waals surface area contributed by atoms with E-state index in [1.807, 2.05) is 0 Å². The van der Waals surface area contributed by atoms with Crippen molar-refractivity contribution in [2.24, 2.45) is 0 Å². The predicted octanol–water partition coefficient (Wildman–Crippen LogP) is 4.60. The third kappa shape index (κ3) is 5.78. The largest absolute Gasteiger partial charge is 0.376 e. The number of carbonyl (C=O) groups is 2. The molecule has 30 heavy (non-hydrogen) atoms. The normalized spacial score (nSPS) is 10.4. The van der Waals surface area contributed by atoms with Gasteiger partial charge in [-0.2, -0.15) is 0 Å². The smallest absolute Gasteiger partial charge is 0.251 e. The molecule has 3 aromatic rings. The van der Waals surface area contributed by atoms with Crippen molar-refractivity contribution in [2.45, 2.75) is 6.54 Å². The molecule has 0 heterocycles. The van der Waals surface area contributed by atoms with Crippen LogP contribution in [0.1, 0.15) is 15.9 Å². The SMILES string of the molecule is O=C(CNc1ccc(C(=O)NCc2ccccc2F)cc1)Nc1ccc(F)c(Cl)c1. The Balaban J connectivity index is 1.49. The molecule has 0 spiro atoms. The second kappa shape index (κ2) is 9.84.